The highest BCUT2D eigenvalue weighted by molar-refractivity contribution is 6.32. The first-order valence-corrected chi connectivity index (χ1v) is 6.75. The SMILES string of the molecule is CCCOc1nc(N)nc(Nc2ccc(Cl)c(OC)c2)n1. The molecule has 0 bridgehead atoms. The van der Waals surface area contributed by atoms with Crippen LogP contribution in [0.4, 0.5) is 17.6 Å². The molecule has 2 aromatic rings. The summed E-state index contributed by atoms with van der Waals surface area (Å²) in [4.78, 5) is 12.0. The van der Waals surface area contributed by atoms with Gasteiger partial charge >= 0.3 is 6.01 Å². The first kappa shape index (κ1) is 15.1. The van der Waals surface area contributed by atoms with Crippen molar-refractivity contribution in [1.82, 2.24) is 15.0 Å². The number of rotatable bonds is 6. The van der Waals surface area contributed by atoms with Gasteiger partial charge in [-0.3, -0.25) is 0 Å². The summed E-state index contributed by atoms with van der Waals surface area (Å²) in [7, 11) is 1.54. The minimum Gasteiger partial charge on any atom is -0.495 e. The Bertz CT molecular complexity index is 624. The summed E-state index contributed by atoms with van der Waals surface area (Å²) in [5.41, 5.74) is 6.35. The first-order chi connectivity index (χ1) is 10.1. The monoisotopic (exact) mass is 309 g/mol. The van der Waals surface area contributed by atoms with Gasteiger partial charge in [0, 0.05) is 11.8 Å². The van der Waals surface area contributed by atoms with E-state index in [1.807, 2.05) is 6.92 Å². The molecule has 0 atom stereocenters. The average Bonchev–Trinajstić information content (AvgIpc) is 2.46. The first-order valence-electron chi connectivity index (χ1n) is 6.37. The van der Waals surface area contributed by atoms with Crippen molar-refractivity contribution < 1.29 is 9.47 Å². The molecule has 0 saturated carbocycles. The zero-order valence-corrected chi connectivity index (χ0v) is 12.5. The second kappa shape index (κ2) is 6.94. The van der Waals surface area contributed by atoms with E-state index in [0.29, 0.717) is 23.1 Å². The largest absolute Gasteiger partial charge is 0.495 e. The summed E-state index contributed by atoms with van der Waals surface area (Å²) in [6.45, 7) is 2.50. The third kappa shape index (κ3) is 4.09. The number of hydrogen-bond donors (Lipinski definition) is 2. The summed E-state index contributed by atoms with van der Waals surface area (Å²) in [6, 6.07) is 5.40. The lowest BCUT2D eigenvalue weighted by Crippen LogP contribution is -2.07. The van der Waals surface area contributed by atoms with Crippen LogP contribution in [-0.2, 0) is 0 Å². The molecule has 3 N–H and O–H groups in total. The molecule has 1 aromatic carbocycles. The maximum absolute atomic E-state index is 5.97. The summed E-state index contributed by atoms with van der Waals surface area (Å²) in [5, 5.41) is 3.52. The van der Waals surface area contributed by atoms with Gasteiger partial charge < -0.3 is 20.5 Å². The average molecular weight is 310 g/mol. The maximum Gasteiger partial charge on any atom is 0.323 e. The number of benzene rings is 1. The number of nitrogen functional groups attached to an aromatic ring is 1. The van der Waals surface area contributed by atoms with Crippen LogP contribution in [0.1, 0.15) is 13.3 Å². The molecule has 0 amide bonds. The lowest BCUT2D eigenvalue weighted by Gasteiger charge is -2.09. The van der Waals surface area contributed by atoms with Gasteiger partial charge in [-0.1, -0.05) is 18.5 Å². The van der Waals surface area contributed by atoms with Gasteiger partial charge in [0.15, 0.2) is 0 Å². The number of halogens is 1. The van der Waals surface area contributed by atoms with Crippen LogP contribution in [0.15, 0.2) is 18.2 Å². The van der Waals surface area contributed by atoms with E-state index in [9.17, 15) is 0 Å². The minimum absolute atomic E-state index is 0.0829. The zero-order chi connectivity index (χ0) is 15.2. The van der Waals surface area contributed by atoms with Crippen LogP contribution in [0.2, 0.25) is 5.02 Å². The van der Waals surface area contributed by atoms with Crippen molar-refractivity contribution in [3.05, 3.63) is 23.2 Å². The number of nitrogens with zero attached hydrogens (tertiary/aromatic N) is 3. The summed E-state index contributed by atoms with van der Waals surface area (Å²) in [6.07, 6.45) is 0.850. The van der Waals surface area contributed by atoms with Crippen molar-refractivity contribution >= 4 is 29.2 Å². The molecule has 8 heteroatoms. The Morgan fingerprint density at radius 3 is 2.81 bits per heavy atom. The number of nitrogens with one attached hydrogen (secondary N) is 1. The number of hydrogen-bond acceptors (Lipinski definition) is 7. The van der Waals surface area contributed by atoms with E-state index in [2.05, 4.69) is 20.3 Å². The molecule has 112 valence electrons. The van der Waals surface area contributed by atoms with Crippen molar-refractivity contribution in [2.24, 2.45) is 0 Å². The fourth-order valence-electron chi connectivity index (χ4n) is 1.55. The van der Waals surface area contributed by atoms with E-state index in [0.717, 1.165) is 6.42 Å². The van der Waals surface area contributed by atoms with Crippen LogP contribution in [0.3, 0.4) is 0 Å². The molecule has 0 saturated heterocycles. The standard InChI is InChI=1S/C13H16ClN5O2/c1-3-6-21-13-18-11(15)17-12(19-13)16-8-4-5-9(14)10(7-8)20-2/h4-5,7H,3,6H2,1-2H3,(H3,15,16,17,18,19). The molecule has 1 heterocycles. The van der Waals surface area contributed by atoms with E-state index in [4.69, 9.17) is 26.8 Å². The predicted octanol–water partition coefficient (Wildman–Crippen LogP) is 2.65. The smallest absolute Gasteiger partial charge is 0.323 e. The highest BCUT2D eigenvalue weighted by Crippen LogP contribution is 2.28. The summed E-state index contributed by atoms with van der Waals surface area (Å²) < 4.78 is 10.5. The van der Waals surface area contributed by atoms with Crippen LogP contribution in [0, 0.1) is 0 Å². The maximum atomic E-state index is 5.97. The van der Waals surface area contributed by atoms with Crippen LogP contribution in [-0.4, -0.2) is 28.7 Å². The molecule has 0 radical (unpaired) electrons. The molecule has 7 nitrogen and oxygen atoms in total. The van der Waals surface area contributed by atoms with E-state index in [-0.39, 0.29) is 17.9 Å². The van der Waals surface area contributed by atoms with Crippen molar-refractivity contribution in [3.63, 3.8) is 0 Å². The minimum atomic E-state index is 0.0829. The van der Waals surface area contributed by atoms with Crippen molar-refractivity contribution in [3.8, 4) is 11.8 Å². The van der Waals surface area contributed by atoms with E-state index < -0.39 is 0 Å². The number of anilines is 3. The molecular weight excluding hydrogens is 294 g/mol. The molecule has 0 aliphatic carbocycles. The number of nitrogens with two attached hydrogens (primary N) is 1. The van der Waals surface area contributed by atoms with Crippen LogP contribution in [0.25, 0.3) is 0 Å². The number of ether oxygens (including phenoxy) is 2. The Kier molecular flexibility index (Phi) is 4.99. The molecule has 0 unspecified atom stereocenters. The zero-order valence-electron chi connectivity index (χ0n) is 11.8. The predicted molar refractivity (Wildman–Crippen MR) is 81.3 cm³/mol. The Labute approximate surface area is 127 Å². The van der Waals surface area contributed by atoms with Crippen LogP contribution < -0.4 is 20.5 Å². The molecule has 0 fully saturated rings. The van der Waals surface area contributed by atoms with Gasteiger partial charge in [0.2, 0.25) is 11.9 Å². The van der Waals surface area contributed by atoms with Gasteiger partial charge in [-0.2, -0.15) is 15.0 Å². The summed E-state index contributed by atoms with van der Waals surface area (Å²) in [5.74, 6) is 0.920. The van der Waals surface area contributed by atoms with E-state index in [1.54, 1.807) is 25.3 Å². The molecular formula is C13H16ClN5O2. The Morgan fingerprint density at radius 1 is 1.29 bits per heavy atom. The molecule has 0 spiro atoms. The fourth-order valence-corrected chi connectivity index (χ4v) is 1.75. The topological polar surface area (TPSA) is 95.2 Å². The van der Waals surface area contributed by atoms with Crippen LogP contribution in [0.5, 0.6) is 11.8 Å². The van der Waals surface area contributed by atoms with Gasteiger partial charge in [-0.05, 0) is 18.6 Å². The highest BCUT2D eigenvalue weighted by atomic mass is 35.5. The van der Waals surface area contributed by atoms with Crippen molar-refractivity contribution in [1.29, 1.82) is 0 Å². The molecule has 0 aliphatic rings. The number of methoxy groups -OCH3 is 1. The van der Waals surface area contributed by atoms with E-state index >= 15 is 0 Å². The molecule has 0 aliphatic heterocycles. The number of aromatic nitrogens is 3. The van der Waals surface area contributed by atoms with Gasteiger partial charge in [0.25, 0.3) is 0 Å². The quantitative estimate of drug-likeness (QED) is 0.846. The van der Waals surface area contributed by atoms with Gasteiger partial charge in [0.1, 0.15) is 5.75 Å². The third-order valence-electron chi connectivity index (χ3n) is 2.47. The fraction of sp³-hybridized carbons (Fsp3) is 0.308. The lowest BCUT2D eigenvalue weighted by atomic mass is 10.3. The second-order valence-electron chi connectivity index (χ2n) is 4.12. The van der Waals surface area contributed by atoms with Gasteiger partial charge in [0.05, 0.1) is 18.7 Å². The second-order valence-corrected chi connectivity index (χ2v) is 4.53. The van der Waals surface area contributed by atoms with Crippen molar-refractivity contribution in [2.75, 3.05) is 24.8 Å². The third-order valence-corrected chi connectivity index (χ3v) is 2.79. The van der Waals surface area contributed by atoms with Gasteiger partial charge in [-0.25, -0.2) is 0 Å². The van der Waals surface area contributed by atoms with Crippen LogP contribution >= 0.6 is 11.6 Å². The lowest BCUT2D eigenvalue weighted by molar-refractivity contribution is 0.292. The normalized spacial score (nSPS) is 10.2. The molecule has 1 aromatic heterocycles. The van der Waals surface area contributed by atoms with Crippen molar-refractivity contribution in [2.45, 2.75) is 13.3 Å². The molecule has 2 rings (SSSR count). The Balaban J connectivity index is 2.20. The highest BCUT2D eigenvalue weighted by Gasteiger charge is 2.07. The molecule has 21 heavy (non-hydrogen) atoms. The Morgan fingerprint density at radius 2 is 2.10 bits per heavy atom. The van der Waals surface area contributed by atoms with E-state index in [1.165, 1.54) is 0 Å². The Hall–Kier alpha value is -2.28. The van der Waals surface area contributed by atoms with Gasteiger partial charge in [-0.15, -0.1) is 0 Å². The summed E-state index contributed by atoms with van der Waals surface area (Å²) >= 11 is 5.97.